The summed E-state index contributed by atoms with van der Waals surface area (Å²) in [5.41, 5.74) is 0.613. The van der Waals surface area contributed by atoms with Crippen LogP contribution < -0.4 is 16.0 Å². The second-order valence-corrected chi connectivity index (χ2v) is 10.9. The summed E-state index contributed by atoms with van der Waals surface area (Å²) in [6.45, 7) is 5.59. The van der Waals surface area contributed by atoms with Gasteiger partial charge in [-0.15, -0.1) is 0 Å². The van der Waals surface area contributed by atoms with E-state index < -0.39 is 28.9 Å². The van der Waals surface area contributed by atoms with E-state index in [9.17, 15) is 14.4 Å². The van der Waals surface area contributed by atoms with Gasteiger partial charge in [0.05, 0.1) is 38.4 Å². The van der Waals surface area contributed by atoms with Crippen LogP contribution in [0.4, 0.5) is 8.78 Å². The zero-order chi connectivity index (χ0) is 32.7. The SMILES string of the molecule is CCOC(=O)CCCN(C)[C@@H](Cn1c(=O)c(-c2cccc(OC)c2F)c(C)n(Cc2c(C)cccc2F)c1=O)c1ccccc1. The van der Waals surface area contributed by atoms with E-state index >= 15 is 8.78 Å². The van der Waals surface area contributed by atoms with Crippen LogP contribution in [0.3, 0.4) is 0 Å². The van der Waals surface area contributed by atoms with Gasteiger partial charge in [-0.3, -0.25) is 23.6 Å². The molecule has 0 aliphatic rings. The highest BCUT2D eigenvalue weighted by Gasteiger charge is 2.26. The average Bonchev–Trinajstić information content (AvgIpc) is 3.02. The van der Waals surface area contributed by atoms with Crippen LogP contribution in [0.5, 0.6) is 5.75 Å². The Labute approximate surface area is 261 Å². The molecule has 4 rings (SSSR count). The topological polar surface area (TPSA) is 82.8 Å². The van der Waals surface area contributed by atoms with E-state index in [0.29, 0.717) is 30.7 Å². The number of benzene rings is 3. The summed E-state index contributed by atoms with van der Waals surface area (Å²) in [4.78, 5) is 42.4. The number of rotatable bonds is 13. The van der Waals surface area contributed by atoms with E-state index in [2.05, 4.69) is 0 Å². The van der Waals surface area contributed by atoms with Gasteiger partial charge in [-0.2, -0.15) is 0 Å². The lowest BCUT2D eigenvalue weighted by molar-refractivity contribution is -0.143. The number of ether oxygens (including phenoxy) is 2. The average molecular weight is 620 g/mol. The quantitative estimate of drug-likeness (QED) is 0.180. The van der Waals surface area contributed by atoms with Gasteiger partial charge in [0, 0.05) is 23.2 Å². The summed E-state index contributed by atoms with van der Waals surface area (Å²) in [7, 11) is 3.18. The predicted molar refractivity (Wildman–Crippen MR) is 170 cm³/mol. The maximum Gasteiger partial charge on any atom is 0.331 e. The van der Waals surface area contributed by atoms with Crippen molar-refractivity contribution in [3.8, 4) is 16.9 Å². The molecule has 8 nitrogen and oxygen atoms in total. The fourth-order valence-electron chi connectivity index (χ4n) is 5.55. The molecule has 1 atom stereocenters. The Balaban J connectivity index is 1.89. The second kappa shape index (κ2) is 14.9. The van der Waals surface area contributed by atoms with Crippen LogP contribution in [0.15, 0.2) is 76.3 Å². The normalized spacial score (nSPS) is 11.9. The van der Waals surface area contributed by atoms with Crippen molar-refractivity contribution in [1.82, 2.24) is 14.0 Å². The van der Waals surface area contributed by atoms with Gasteiger partial charge < -0.3 is 9.47 Å². The molecule has 0 spiro atoms. The van der Waals surface area contributed by atoms with Gasteiger partial charge in [0.15, 0.2) is 11.6 Å². The van der Waals surface area contributed by atoms with Crippen LogP contribution in [0.2, 0.25) is 0 Å². The van der Waals surface area contributed by atoms with Crippen molar-refractivity contribution >= 4 is 5.97 Å². The molecule has 3 aromatic carbocycles. The molecule has 10 heteroatoms. The number of esters is 1. The number of carbonyl (C=O) groups excluding carboxylic acids is 1. The summed E-state index contributed by atoms with van der Waals surface area (Å²) in [5, 5.41) is 0. The van der Waals surface area contributed by atoms with Gasteiger partial charge in [0.1, 0.15) is 5.82 Å². The zero-order valence-electron chi connectivity index (χ0n) is 26.3. The maximum atomic E-state index is 15.7. The molecule has 45 heavy (non-hydrogen) atoms. The van der Waals surface area contributed by atoms with E-state index in [0.717, 1.165) is 10.1 Å². The minimum absolute atomic E-state index is 0.0169. The minimum atomic E-state index is -0.741. The number of hydrogen-bond acceptors (Lipinski definition) is 6. The van der Waals surface area contributed by atoms with E-state index in [1.54, 1.807) is 39.0 Å². The number of likely N-dealkylation sites (N-methyl/N-ethyl adjacent to an activating group) is 1. The van der Waals surface area contributed by atoms with E-state index in [-0.39, 0.29) is 48.0 Å². The van der Waals surface area contributed by atoms with Crippen LogP contribution >= 0.6 is 0 Å². The summed E-state index contributed by atoms with van der Waals surface area (Å²) in [6.07, 6.45) is 0.719. The van der Waals surface area contributed by atoms with Crippen molar-refractivity contribution in [3.05, 3.63) is 122 Å². The molecule has 1 aromatic heterocycles. The van der Waals surface area contributed by atoms with Gasteiger partial charge in [0.2, 0.25) is 0 Å². The molecular weight excluding hydrogens is 580 g/mol. The lowest BCUT2D eigenvalue weighted by Gasteiger charge is -2.29. The third kappa shape index (κ3) is 7.39. The Kier molecular flexibility index (Phi) is 11.1. The number of carbonyl (C=O) groups is 1. The van der Waals surface area contributed by atoms with Crippen LogP contribution in [0.1, 0.15) is 48.2 Å². The van der Waals surface area contributed by atoms with Crippen LogP contribution in [0.25, 0.3) is 11.1 Å². The molecule has 4 aromatic rings. The Hall–Kier alpha value is -4.57. The first kappa shape index (κ1) is 33.3. The number of hydrogen-bond donors (Lipinski definition) is 0. The highest BCUT2D eigenvalue weighted by Crippen LogP contribution is 2.30. The first-order valence-electron chi connectivity index (χ1n) is 14.9. The molecule has 0 saturated heterocycles. The largest absolute Gasteiger partial charge is 0.494 e. The Bertz CT molecular complexity index is 1750. The van der Waals surface area contributed by atoms with Crippen molar-refractivity contribution in [1.29, 1.82) is 0 Å². The summed E-state index contributed by atoms with van der Waals surface area (Å²) >= 11 is 0. The fraction of sp³-hybridized carbons (Fsp3) is 0.343. The van der Waals surface area contributed by atoms with Crippen LogP contribution in [-0.2, 0) is 22.6 Å². The van der Waals surface area contributed by atoms with Crippen molar-refractivity contribution in [2.75, 3.05) is 27.3 Å². The van der Waals surface area contributed by atoms with Crippen LogP contribution in [0, 0.1) is 25.5 Å². The predicted octanol–water partition coefficient (Wildman–Crippen LogP) is 5.65. The standard InChI is InChI=1S/C35H39F2N3O5/c1-6-45-31(41)19-12-20-38(4)29(25-14-8-7-9-15-25)22-40-34(42)32(26-16-11-18-30(44-5)33(26)37)24(3)39(35(40)43)21-27-23(2)13-10-17-28(27)36/h7-11,13-18,29H,6,12,19-22H2,1-5H3/t29-/m0/s1. The molecule has 0 unspecified atom stereocenters. The molecule has 0 radical (unpaired) electrons. The number of methoxy groups -OCH3 is 1. The Morgan fingerprint density at radius 1 is 0.956 bits per heavy atom. The van der Waals surface area contributed by atoms with Gasteiger partial charge in [0.25, 0.3) is 5.56 Å². The zero-order valence-corrected chi connectivity index (χ0v) is 26.3. The van der Waals surface area contributed by atoms with Gasteiger partial charge in [-0.1, -0.05) is 54.6 Å². The van der Waals surface area contributed by atoms with Crippen molar-refractivity contribution in [3.63, 3.8) is 0 Å². The van der Waals surface area contributed by atoms with Crippen molar-refractivity contribution in [2.45, 2.75) is 52.7 Å². The Morgan fingerprint density at radius 2 is 1.67 bits per heavy atom. The molecule has 0 N–H and O–H groups in total. The van der Waals surface area contributed by atoms with Crippen LogP contribution in [-0.4, -0.2) is 47.3 Å². The first-order chi connectivity index (χ1) is 21.6. The van der Waals surface area contributed by atoms with E-state index in [1.165, 1.54) is 29.9 Å². The second-order valence-electron chi connectivity index (χ2n) is 10.9. The van der Waals surface area contributed by atoms with E-state index in [4.69, 9.17) is 9.47 Å². The summed E-state index contributed by atoms with van der Waals surface area (Å²) in [5.74, 6) is -1.58. The third-order valence-electron chi connectivity index (χ3n) is 8.08. The first-order valence-corrected chi connectivity index (χ1v) is 14.9. The number of halogens is 2. The molecule has 0 bridgehead atoms. The molecular formula is C35H39F2N3O5. The molecule has 1 heterocycles. The Morgan fingerprint density at radius 3 is 2.33 bits per heavy atom. The fourth-order valence-corrected chi connectivity index (χ4v) is 5.55. The number of aromatic nitrogens is 2. The van der Waals surface area contributed by atoms with E-state index in [1.807, 2.05) is 42.3 Å². The smallest absolute Gasteiger partial charge is 0.331 e. The maximum absolute atomic E-state index is 15.7. The molecule has 238 valence electrons. The molecule has 0 aliphatic carbocycles. The lowest BCUT2D eigenvalue weighted by Crippen LogP contribution is -2.45. The minimum Gasteiger partial charge on any atom is -0.494 e. The van der Waals surface area contributed by atoms with Crippen molar-refractivity contribution in [2.24, 2.45) is 0 Å². The molecule has 0 saturated carbocycles. The van der Waals surface area contributed by atoms with Gasteiger partial charge in [-0.25, -0.2) is 13.6 Å². The molecule has 0 fully saturated rings. The highest BCUT2D eigenvalue weighted by molar-refractivity contribution is 5.69. The summed E-state index contributed by atoms with van der Waals surface area (Å²) < 4.78 is 43.4. The lowest BCUT2D eigenvalue weighted by atomic mass is 10.0. The number of aryl methyl sites for hydroxylation is 1. The number of nitrogens with zero attached hydrogens (tertiary/aromatic N) is 3. The van der Waals surface area contributed by atoms with Gasteiger partial charge >= 0.3 is 11.7 Å². The highest BCUT2D eigenvalue weighted by atomic mass is 19.1. The summed E-state index contributed by atoms with van der Waals surface area (Å²) in [6, 6.07) is 18.1. The van der Waals surface area contributed by atoms with Crippen molar-refractivity contribution < 1.29 is 23.0 Å². The molecule has 0 aliphatic heterocycles. The molecule has 0 amide bonds. The van der Waals surface area contributed by atoms with Gasteiger partial charge in [-0.05, 0) is 64.0 Å². The monoisotopic (exact) mass is 619 g/mol. The third-order valence-corrected chi connectivity index (χ3v) is 8.08.